The minimum Gasteiger partial charge on any atom is -0.379 e. The monoisotopic (exact) mass is 313 g/mol. The van der Waals surface area contributed by atoms with Gasteiger partial charge in [-0.25, -0.2) is 0 Å². The highest BCUT2D eigenvalue weighted by Gasteiger charge is 2.29. The van der Waals surface area contributed by atoms with E-state index in [-0.39, 0.29) is 42.7 Å². The topological polar surface area (TPSA) is 67.6 Å². The van der Waals surface area contributed by atoms with Gasteiger partial charge in [0.05, 0.1) is 19.1 Å². The molecular formula is C12H25Cl2N3O2. The molecule has 5 nitrogen and oxygen atoms in total. The third-order valence-electron chi connectivity index (χ3n) is 3.74. The number of amides is 1. The molecule has 2 atom stereocenters. The van der Waals surface area contributed by atoms with Crippen LogP contribution in [-0.4, -0.2) is 56.2 Å². The Morgan fingerprint density at radius 2 is 1.95 bits per heavy atom. The summed E-state index contributed by atoms with van der Waals surface area (Å²) in [7, 11) is 0. The van der Waals surface area contributed by atoms with Crippen LogP contribution >= 0.6 is 24.8 Å². The predicted octanol–water partition coefficient (Wildman–Crippen LogP) is 0.406. The number of carbonyl (C=O) groups excluding carboxylic acids is 1. The molecular weight excluding hydrogens is 289 g/mol. The second-order valence-electron chi connectivity index (χ2n) is 4.95. The van der Waals surface area contributed by atoms with Crippen LogP contribution in [0.2, 0.25) is 0 Å². The maximum Gasteiger partial charge on any atom is 0.224 e. The van der Waals surface area contributed by atoms with Crippen LogP contribution in [0.3, 0.4) is 0 Å². The van der Waals surface area contributed by atoms with Gasteiger partial charge in [0, 0.05) is 32.2 Å². The quantitative estimate of drug-likeness (QED) is 0.788. The Labute approximate surface area is 127 Å². The van der Waals surface area contributed by atoms with Crippen molar-refractivity contribution in [3.05, 3.63) is 0 Å². The summed E-state index contributed by atoms with van der Waals surface area (Å²) in [6.07, 6.45) is 3.02. The van der Waals surface area contributed by atoms with Gasteiger partial charge in [-0.15, -0.1) is 24.8 Å². The molecule has 1 saturated heterocycles. The van der Waals surface area contributed by atoms with E-state index in [2.05, 4.69) is 10.2 Å². The van der Waals surface area contributed by atoms with Crippen LogP contribution in [0.4, 0.5) is 0 Å². The SMILES string of the molecule is Cl.Cl.NC1CCCC1C(=O)NCCN1CCOCC1. The van der Waals surface area contributed by atoms with Gasteiger partial charge in [-0.05, 0) is 12.8 Å². The number of halogens is 2. The molecule has 1 saturated carbocycles. The van der Waals surface area contributed by atoms with Crippen molar-refractivity contribution in [2.24, 2.45) is 11.7 Å². The summed E-state index contributed by atoms with van der Waals surface area (Å²) in [6.45, 7) is 5.19. The fraction of sp³-hybridized carbons (Fsp3) is 0.917. The van der Waals surface area contributed by atoms with E-state index in [0.29, 0.717) is 0 Å². The molecule has 2 rings (SSSR count). The van der Waals surface area contributed by atoms with Gasteiger partial charge in [-0.2, -0.15) is 0 Å². The Balaban J connectivity index is 0.00000162. The molecule has 2 fully saturated rings. The van der Waals surface area contributed by atoms with Crippen molar-refractivity contribution in [1.29, 1.82) is 0 Å². The fourth-order valence-corrected chi connectivity index (χ4v) is 2.61. The molecule has 1 heterocycles. The summed E-state index contributed by atoms with van der Waals surface area (Å²) < 4.78 is 5.28. The Bertz CT molecular complexity index is 263. The molecule has 0 radical (unpaired) electrons. The summed E-state index contributed by atoms with van der Waals surface area (Å²) in [5.41, 5.74) is 5.91. The number of hydrogen-bond acceptors (Lipinski definition) is 4. The van der Waals surface area contributed by atoms with Crippen LogP contribution < -0.4 is 11.1 Å². The van der Waals surface area contributed by atoms with Crippen LogP contribution in [0.1, 0.15) is 19.3 Å². The molecule has 1 aliphatic heterocycles. The highest BCUT2D eigenvalue weighted by atomic mass is 35.5. The highest BCUT2D eigenvalue weighted by Crippen LogP contribution is 2.23. The molecule has 0 aromatic heterocycles. The van der Waals surface area contributed by atoms with Gasteiger partial charge >= 0.3 is 0 Å². The lowest BCUT2D eigenvalue weighted by Crippen LogP contribution is -2.44. The van der Waals surface area contributed by atoms with Crippen LogP contribution in [0.25, 0.3) is 0 Å². The lowest BCUT2D eigenvalue weighted by Gasteiger charge is -2.26. The summed E-state index contributed by atoms with van der Waals surface area (Å²) in [4.78, 5) is 14.2. The normalized spacial score (nSPS) is 27.2. The predicted molar refractivity (Wildman–Crippen MR) is 80.1 cm³/mol. The minimum absolute atomic E-state index is 0. The second kappa shape index (κ2) is 9.77. The average molecular weight is 314 g/mol. The number of hydrogen-bond donors (Lipinski definition) is 2. The molecule has 19 heavy (non-hydrogen) atoms. The van der Waals surface area contributed by atoms with Crippen molar-refractivity contribution in [2.75, 3.05) is 39.4 Å². The number of nitrogens with zero attached hydrogens (tertiary/aromatic N) is 1. The molecule has 2 unspecified atom stereocenters. The number of nitrogens with one attached hydrogen (secondary N) is 1. The lowest BCUT2D eigenvalue weighted by atomic mass is 10.0. The van der Waals surface area contributed by atoms with Gasteiger partial charge in [-0.3, -0.25) is 9.69 Å². The van der Waals surface area contributed by atoms with Crippen molar-refractivity contribution < 1.29 is 9.53 Å². The van der Waals surface area contributed by atoms with Crippen molar-refractivity contribution in [2.45, 2.75) is 25.3 Å². The largest absolute Gasteiger partial charge is 0.379 e. The first-order chi connectivity index (χ1) is 8.27. The smallest absolute Gasteiger partial charge is 0.224 e. The molecule has 2 aliphatic rings. The van der Waals surface area contributed by atoms with Crippen LogP contribution in [0.5, 0.6) is 0 Å². The van der Waals surface area contributed by atoms with E-state index in [1.54, 1.807) is 0 Å². The molecule has 1 aliphatic carbocycles. The van der Waals surface area contributed by atoms with Crippen molar-refractivity contribution in [3.63, 3.8) is 0 Å². The minimum atomic E-state index is 0. The van der Waals surface area contributed by atoms with Crippen LogP contribution in [0.15, 0.2) is 0 Å². The summed E-state index contributed by atoms with van der Waals surface area (Å²) in [6, 6.07) is 0.0680. The van der Waals surface area contributed by atoms with Gasteiger partial charge in [0.25, 0.3) is 0 Å². The lowest BCUT2D eigenvalue weighted by molar-refractivity contribution is -0.125. The number of carbonyl (C=O) groups is 1. The van der Waals surface area contributed by atoms with Crippen molar-refractivity contribution >= 4 is 30.7 Å². The summed E-state index contributed by atoms with van der Waals surface area (Å²) >= 11 is 0. The Hall–Kier alpha value is -0.0700. The molecule has 0 bridgehead atoms. The molecule has 0 spiro atoms. The second-order valence-corrected chi connectivity index (χ2v) is 4.95. The van der Waals surface area contributed by atoms with E-state index in [0.717, 1.165) is 58.7 Å². The van der Waals surface area contributed by atoms with E-state index in [1.165, 1.54) is 0 Å². The van der Waals surface area contributed by atoms with E-state index >= 15 is 0 Å². The first-order valence-electron chi connectivity index (χ1n) is 6.61. The molecule has 3 N–H and O–H groups in total. The van der Waals surface area contributed by atoms with Gasteiger partial charge in [0.15, 0.2) is 0 Å². The first kappa shape index (κ1) is 18.9. The molecule has 7 heteroatoms. The van der Waals surface area contributed by atoms with Gasteiger partial charge < -0.3 is 15.8 Å². The van der Waals surface area contributed by atoms with E-state index < -0.39 is 0 Å². The van der Waals surface area contributed by atoms with E-state index in [4.69, 9.17) is 10.5 Å². The van der Waals surface area contributed by atoms with Crippen LogP contribution in [0, 0.1) is 5.92 Å². The highest BCUT2D eigenvalue weighted by molar-refractivity contribution is 5.85. The van der Waals surface area contributed by atoms with Gasteiger partial charge in [-0.1, -0.05) is 6.42 Å². The zero-order valence-corrected chi connectivity index (χ0v) is 12.8. The Morgan fingerprint density at radius 1 is 1.26 bits per heavy atom. The maximum atomic E-state index is 11.9. The Kier molecular flexibility index (Phi) is 9.74. The average Bonchev–Trinajstić information content (AvgIpc) is 2.77. The zero-order valence-electron chi connectivity index (χ0n) is 11.2. The first-order valence-corrected chi connectivity index (χ1v) is 6.61. The zero-order chi connectivity index (χ0) is 12.1. The van der Waals surface area contributed by atoms with Gasteiger partial charge in [0.2, 0.25) is 5.91 Å². The third-order valence-corrected chi connectivity index (χ3v) is 3.74. The van der Waals surface area contributed by atoms with Crippen molar-refractivity contribution in [3.8, 4) is 0 Å². The molecule has 1 amide bonds. The number of rotatable bonds is 4. The molecule has 0 aromatic rings. The molecule has 114 valence electrons. The van der Waals surface area contributed by atoms with Gasteiger partial charge in [0.1, 0.15) is 0 Å². The van der Waals surface area contributed by atoms with E-state index in [1.807, 2.05) is 0 Å². The van der Waals surface area contributed by atoms with Crippen LogP contribution in [-0.2, 0) is 9.53 Å². The van der Waals surface area contributed by atoms with E-state index in [9.17, 15) is 4.79 Å². The number of morpholine rings is 1. The fourth-order valence-electron chi connectivity index (χ4n) is 2.61. The third kappa shape index (κ3) is 5.83. The van der Waals surface area contributed by atoms with Crippen molar-refractivity contribution in [1.82, 2.24) is 10.2 Å². The standard InChI is InChI=1S/C12H23N3O2.2ClH/c13-11-3-1-2-10(11)12(16)14-4-5-15-6-8-17-9-7-15;;/h10-11H,1-9,13H2,(H,14,16);2*1H. The maximum absolute atomic E-state index is 11.9. The molecule has 0 aromatic carbocycles. The summed E-state index contributed by atoms with van der Waals surface area (Å²) in [5.74, 6) is 0.183. The summed E-state index contributed by atoms with van der Waals surface area (Å²) in [5, 5.41) is 3.00. The Morgan fingerprint density at radius 3 is 2.53 bits per heavy atom. The number of ether oxygens (including phenoxy) is 1. The number of nitrogens with two attached hydrogens (primary N) is 1.